The van der Waals surface area contributed by atoms with E-state index in [1.165, 1.54) is 11.9 Å². The first kappa shape index (κ1) is 19.8. The molecule has 1 unspecified atom stereocenters. The van der Waals surface area contributed by atoms with E-state index >= 15 is 0 Å². The Balaban J connectivity index is 1.86. The lowest BCUT2D eigenvalue weighted by Crippen LogP contribution is -2.43. The third-order valence-electron chi connectivity index (χ3n) is 4.81. The van der Waals surface area contributed by atoms with E-state index in [1.54, 1.807) is 30.3 Å². The summed E-state index contributed by atoms with van der Waals surface area (Å²) in [5.41, 5.74) is 1.27. The molecule has 1 atom stereocenters. The highest BCUT2D eigenvalue weighted by atomic mass is 16.5. The number of carbonyl (C=O) groups excluding carboxylic acids is 3. The lowest BCUT2D eigenvalue weighted by molar-refractivity contribution is -0.121. The Bertz CT molecular complexity index is 898. The maximum atomic E-state index is 12.7. The van der Waals surface area contributed by atoms with Gasteiger partial charge in [-0.05, 0) is 24.6 Å². The van der Waals surface area contributed by atoms with Crippen LogP contribution >= 0.6 is 0 Å². The summed E-state index contributed by atoms with van der Waals surface area (Å²) in [5, 5.41) is 13.6. The van der Waals surface area contributed by atoms with Gasteiger partial charge in [0.05, 0.1) is 5.70 Å². The number of benzene rings is 1. The van der Waals surface area contributed by atoms with Gasteiger partial charge in [-0.1, -0.05) is 26.8 Å². The average molecular weight is 384 g/mol. The van der Waals surface area contributed by atoms with E-state index in [9.17, 15) is 19.6 Å². The van der Waals surface area contributed by atoms with E-state index in [0.29, 0.717) is 23.4 Å². The van der Waals surface area contributed by atoms with Gasteiger partial charge in [-0.2, -0.15) is 4.99 Å². The van der Waals surface area contributed by atoms with Gasteiger partial charge >= 0.3 is 0 Å². The van der Waals surface area contributed by atoms with Crippen LogP contribution in [0.15, 0.2) is 41.0 Å². The summed E-state index contributed by atoms with van der Waals surface area (Å²) < 4.78 is 0. The van der Waals surface area contributed by atoms with Gasteiger partial charge in [0.25, 0.3) is 11.8 Å². The number of nitrogens with one attached hydrogen (secondary N) is 1. The molecular formula is C20H24N4O4. The fraction of sp³-hybridized carbons (Fsp3) is 0.400. The van der Waals surface area contributed by atoms with Crippen LogP contribution in [0, 0.1) is 5.41 Å². The predicted octanol–water partition coefficient (Wildman–Crippen LogP) is 2.10. The van der Waals surface area contributed by atoms with E-state index in [2.05, 4.69) is 10.3 Å². The molecule has 0 aliphatic carbocycles. The molecule has 8 nitrogen and oxygen atoms in total. The molecule has 3 amide bonds. The van der Waals surface area contributed by atoms with Crippen molar-refractivity contribution < 1.29 is 19.6 Å². The van der Waals surface area contributed by atoms with E-state index in [1.807, 2.05) is 20.8 Å². The molecule has 1 fully saturated rings. The van der Waals surface area contributed by atoms with Crippen LogP contribution in [0.4, 0.5) is 5.69 Å². The number of aliphatic imine (C=N–C) groups is 1. The second-order valence-corrected chi connectivity index (χ2v) is 7.85. The van der Waals surface area contributed by atoms with Gasteiger partial charge in [0.1, 0.15) is 6.04 Å². The smallest absolute Gasteiger partial charge is 0.270 e. The number of hydrogen-bond acceptors (Lipinski definition) is 4. The van der Waals surface area contributed by atoms with Crippen LogP contribution in [0.1, 0.15) is 44.0 Å². The van der Waals surface area contributed by atoms with Crippen molar-refractivity contribution in [3.63, 3.8) is 0 Å². The number of allylic oxidation sites excluding steroid dienone is 1. The topological polar surface area (TPSA) is 102 Å². The van der Waals surface area contributed by atoms with Gasteiger partial charge in [0.15, 0.2) is 5.84 Å². The fourth-order valence-electron chi connectivity index (χ4n) is 3.29. The maximum Gasteiger partial charge on any atom is 0.270 e. The van der Waals surface area contributed by atoms with Crippen molar-refractivity contribution in [1.29, 1.82) is 0 Å². The molecule has 28 heavy (non-hydrogen) atoms. The second kappa shape index (κ2) is 7.20. The molecule has 148 valence electrons. The summed E-state index contributed by atoms with van der Waals surface area (Å²) >= 11 is 0. The highest BCUT2D eigenvalue weighted by molar-refractivity contribution is 6.11. The van der Waals surface area contributed by atoms with Crippen molar-refractivity contribution in [3.05, 3.63) is 41.6 Å². The van der Waals surface area contributed by atoms with E-state index < -0.39 is 11.9 Å². The molecule has 1 saturated heterocycles. The van der Waals surface area contributed by atoms with Crippen molar-refractivity contribution in [1.82, 2.24) is 10.4 Å². The minimum atomic E-state index is -0.763. The monoisotopic (exact) mass is 384 g/mol. The highest BCUT2D eigenvalue weighted by Crippen LogP contribution is 2.34. The van der Waals surface area contributed by atoms with Crippen LogP contribution in [0.5, 0.6) is 0 Å². The van der Waals surface area contributed by atoms with Crippen LogP contribution in [0.3, 0.4) is 0 Å². The minimum Gasteiger partial charge on any atom is -0.355 e. The first-order chi connectivity index (χ1) is 13.1. The summed E-state index contributed by atoms with van der Waals surface area (Å²) in [6.07, 6.45) is 2.21. The van der Waals surface area contributed by atoms with Gasteiger partial charge in [0.2, 0.25) is 5.91 Å². The molecule has 2 N–H and O–H groups in total. The average Bonchev–Trinajstić information content (AvgIpc) is 3.04. The zero-order valence-corrected chi connectivity index (χ0v) is 16.4. The summed E-state index contributed by atoms with van der Waals surface area (Å²) in [6.45, 7) is 5.83. The van der Waals surface area contributed by atoms with E-state index in [0.717, 1.165) is 5.06 Å². The van der Waals surface area contributed by atoms with Crippen molar-refractivity contribution >= 4 is 29.2 Å². The molecule has 8 heteroatoms. The third-order valence-corrected chi connectivity index (χ3v) is 4.81. The number of amidine groups is 1. The zero-order valence-electron chi connectivity index (χ0n) is 16.4. The Morgan fingerprint density at radius 1 is 1.29 bits per heavy atom. The van der Waals surface area contributed by atoms with Gasteiger partial charge in [-0.15, -0.1) is 0 Å². The Morgan fingerprint density at radius 3 is 2.61 bits per heavy atom. The number of rotatable bonds is 3. The Labute approximate surface area is 163 Å². The number of hydrogen-bond donors (Lipinski definition) is 2. The molecule has 2 aliphatic rings. The normalized spacial score (nSPS) is 20.9. The Kier molecular flexibility index (Phi) is 5.08. The van der Waals surface area contributed by atoms with E-state index in [4.69, 9.17) is 0 Å². The summed E-state index contributed by atoms with van der Waals surface area (Å²) in [7, 11) is 1.52. The van der Waals surface area contributed by atoms with Crippen LogP contribution in [-0.2, 0) is 9.59 Å². The first-order valence-electron chi connectivity index (χ1n) is 9.11. The molecule has 1 aromatic carbocycles. The first-order valence-corrected chi connectivity index (χ1v) is 9.11. The largest absolute Gasteiger partial charge is 0.355 e. The number of nitrogens with zero attached hydrogens (tertiary/aromatic N) is 3. The Hall–Kier alpha value is -3.00. The third kappa shape index (κ3) is 3.55. The van der Waals surface area contributed by atoms with Crippen molar-refractivity contribution in [3.8, 4) is 0 Å². The molecule has 0 radical (unpaired) electrons. The van der Waals surface area contributed by atoms with Gasteiger partial charge in [0, 0.05) is 36.2 Å². The summed E-state index contributed by atoms with van der Waals surface area (Å²) in [4.78, 5) is 42.4. The molecule has 3 rings (SSSR count). The van der Waals surface area contributed by atoms with E-state index in [-0.39, 0.29) is 29.5 Å². The number of anilines is 1. The van der Waals surface area contributed by atoms with Crippen LogP contribution < -0.4 is 10.2 Å². The maximum absolute atomic E-state index is 12.7. The molecule has 0 spiro atoms. The standard InChI is InChI=1S/C20H24N4O4/c1-20(2,3)15-11-16(24(15)28)22-19(27)14-8-9-17(25)23(14)13-7-5-6-12(10-13)18(26)21-4/h5-7,10-11,14,28H,8-9H2,1-4H3,(H,21,26). The second-order valence-electron chi connectivity index (χ2n) is 7.85. The molecule has 2 aliphatic heterocycles. The summed E-state index contributed by atoms with van der Waals surface area (Å²) in [5.74, 6) is -0.822. The lowest BCUT2D eigenvalue weighted by atomic mass is 9.88. The van der Waals surface area contributed by atoms with Gasteiger partial charge < -0.3 is 5.32 Å². The van der Waals surface area contributed by atoms with Crippen LogP contribution in [-0.4, -0.2) is 46.9 Å². The van der Waals surface area contributed by atoms with Crippen molar-refractivity contribution in [2.75, 3.05) is 11.9 Å². The van der Waals surface area contributed by atoms with Gasteiger partial charge in [-0.3, -0.25) is 24.5 Å². The van der Waals surface area contributed by atoms with Gasteiger partial charge in [-0.25, -0.2) is 5.06 Å². The number of carbonyl (C=O) groups is 3. The SMILES string of the molecule is CNC(=O)c1cccc(N2C(=O)CCC2C(=O)N=C2C=C(C(C)(C)C)N2O)c1. The zero-order chi connectivity index (χ0) is 20.6. The molecule has 0 saturated carbocycles. The number of amides is 3. The minimum absolute atomic E-state index is 0.160. The molecule has 2 heterocycles. The number of hydroxylamine groups is 2. The lowest BCUT2D eigenvalue weighted by Gasteiger charge is -2.36. The predicted molar refractivity (Wildman–Crippen MR) is 104 cm³/mol. The van der Waals surface area contributed by atoms with Crippen LogP contribution in [0.2, 0.25) is 0 Å². The fourth-order valence-corrected chi connectivity index (χ4v) is 3.29. The Morgan fingerprint density at radius 2 is 2.00 bits per heavy atom. The van der Waals surface area contributed by atoms with Crippen molar-refractivity contribution in [2.45, 2.75) is 39.7 Å². The highest BCUT2D eigenvalue weighted by Gasteiger charge is 2.39. The molecular weight excluding hydrogens is 360 g/mol. The van der Waals surface area contributed by atoms with Crippen LogP contribution in [0.25, 0.3) is 0 Å². The molecule has 0 aromatic heterocycles. The quantitative estimate of drug-likeness (QED) is 0.831. The molecule has 1 aromatic rings. The van der Waals surface area contributed by atoms with Crippen molar-refractivity contribution in [2.24, 2.45) is 10.4 Å². The summed E-state index contributed by atoms with van der Waals surface area (Å²) in [6, 6.07) is 5.80. The molecule has 0 bridgehead atoms.